The van der Waals surface area contributed by atoms with Gasteiger partial charge in [0.2, 0.25) is 11.7 Å². The van der Waals surface area contributed by atoms with Crippen LogP contribution in [-0.2, 0) is 4.74 Å². The molecule has 3 unspecified atom stereocenters. The Morgan fingerprint density at radius 3 is 2.40 bits per heavy atom. The fourth-order valence-corrected chi connectivity index (χ4v) is 2.40. The Kier molecular flexibility index (Phi) is 7.16. The average molecular weight is 283 g/mol. The minimum atomic E-state index is -0.0936. The molecule has 0 aliphatic carbocycles. The van der Waals surface area contributed by atoms with Crippen LogP contribution in [0.15, 0.2) is 4.52 Å². The summed E-state index contributed by atoms with van der Waals surface area (Å²) in [5.74, 6) is 1.88. The lowest BCUT2D eigenvalue weighted by Crippen LogP contribution is -2.33. The Hall–Kier alpha value is -0.940. The van der Waals surface area contributed by atoms with Gasteiger partial charge in [-0.2, -0.15) is 4.98 Å². The summed E-state index contributed by atoms with van der Waals surface area (Å²) >= 11 is 0. The summed E-state index contributed by atoms with van der Waals surface area (Å²) < 4.78 is 11.2. The van der Waals surface area contributed by atoms with E-state index in [-0.39, 0.29) is 12.0 Å². The topological polar surface area (TPSA) is 60.2 Å². The molecule has 1 aromatic rings. The molecule has 1 rings (SSSR count). The Balaban J connectivity index is 2.84. The van der Waals surface area contributed by atoms with Crippen molar-refractivity contribution in [2.24, 2.45) is 5.92 Å². The molecule has 0 aliphatic rings. The van der Waals surface area contributed by atoms with Crippen molar-refractivity contribution < 1.29 is 9.26 Å². The van der Waals surface area contributed by atoms with Crippen LogP contribution in [0.3, 0.4) is 0 Å². The van der Waals surface area contributed by atoms with Crippen molar-refractivity contribution in [2.45, 2.75) is 66.0 Å². The minimum absolute atomic E-state index is 0.0936. The summed E-state index contributed by atoms with van der Waals surface area (Å²) in [6.07, 6.45) is 0.940. The predicted octanol–water partition coefficient (Wildman–Crippen LogP) is 3.29. The van der Waals surface area contributed by atoms with Crippen LogP contribution in [0.2, 0.25) is 0 Å². The van der Waals surface area contributed by atoms with Gasteiger partial charge in [-0.3, -0.25) is 0 Å². The van der Waals surface area contributed by atoms with Crippen molar-refractivity contribution in [1.82, 2.24) is 15.5 Å². The number of rotatable bonds is 9. The molecule has 3 atom stereocenters. The highest BCUT2D eigenvalue weighted by Gasteiger charge is 2.26. The third-order valence-corrected chi connectivity index (χ3v) is 3.56. The maximum atomic E-state index is 5.72. The average Bonchev–Trinajstić information content (AvgIpc) is 2.90. The second kappa shape index (κ2) is 8.37. The van der Waals surface area contributed by atoms with E-state index >= 15 is 0 Å². The molecular weight excluding hydrogens is 254 g/mol. The molecule has 0 saturated carbocycles. The molecule has 0 aromatic carbocycles. The van der Waals surface area contributed by atoms with Gasteiger partial charge in [0.25, 0.3) is 0 Å². The van der Waals surface area contributed by atoms with Gasteiger partial charge in [0, 0.05) is 12.6 Å². The fourth-order valence-electron chi connectivity index (χ4n) is 2.40. The first kappa shape index (κ1) is 17.1. The second-order valence-electron chi connectivity index (χ2n) is 5.47. The van der Waals surface area contributed by atoms with Gasteiger partial charge in [0.1, 0.15) is 6.10 Å². The molecule has 1 N–H and O–H groups in total. The van der Waals surface area contributed by atoms with Crippen molar-refractivity contribution >= 4 is 0 Å². The van der Waals surface area contributed by atoms with Gasteiger partial charge in [0.05, 0.1) is 5.92 Å². The summed E-state index contributed by atoms with van der Waals surface area (Å²) in [6, 6.07) is 0.359. The highest BCUT2D eigenvalue weighted by atomic mass is 16.5. The monoisotopic (exact) mass is 283 g/mol. The molecule has 5 nitrogen and oxygen atoms in total. The van der Waals surface area contributed by atoms with Crippen LogP contribution in [0.5, 0.6) is 0 Å². The van der Waals surface area contributed by atoms with E-state index in [0.29, 0.717) is 30.3 Å². The third kappa shape index (κ3) is 4.28. The number of likely N-dealkylation sites (N-methyl/N-ethyl adjacent to an activating group) is 1. The molecule has 1 aromatic heterocycles. The molecular formula is C15H29N3O2. The lowest BCUT2D eigenvalue weighted by molar-refractivity contribution is 0.0217. The first-order valence-electron chi connectivity index (χ1n) is 7.73. The molecule has 0 aliphatic heterocycles. The maximum Gasteiger partial charge on any atom is 0.231 e. The Labute approximate surface area is 122 Å². The summed E-state index contributed by atoms with van der Waals surface area (Å²) in [6.45, 7) is 14.2. The van der Waals surface area contributed by atoms with Gasteiger partial charge in [-0.25, -0.2) is 0 Å². The van der Waals surface area contributed by atoms with Crippen molar-refractivity contribution in [3.63, 3.8) is 0 Å². The number of nitrogens with zero attached hydrogens (tertiary/aromatic N) is 2. The molecule has 1 heterocycles. The Morgan fingerprint density at radius 2 is 1.90 bits per heavy atom. The zero-order valence-electron chi connectivity index (χ0n) is 13.6. The molecule has 0 spiro atoms. The van der Waals surface area contributed by atoms with Crippen LogP contribution in [0, 0.1) is 5.92 Å². The molecule has 116 valence electrons. The van der Waals surface area contributed by atoms with Crippen LogP contribution in [-0.4, -0.2) is 29.3 Å². The summed E-state index contributed by atoms with van der Waals surface area (Å²) in [5.41, 5.74) is 0. The van der Waals surface area contributed by atoms with E-state index in [4.69, 9.17) is 9.26 Å². The Morgan fingerprint density at radius 1 is 1.20 bits per heavy atom. The molecule has 0 radical (unpaired) electrons. The largest absolute Gasteiger partial charge is 0.370 e. The second-order valence-corrected chi connectivity index (χ2v) is 5.47. The normalized spacial score (nSPS) is 16.4. The number of aromatic nitrogens is 2. The van der Waals surface area contributed by atoms with Crippen molar-refractivity contribution in [3.8, 4) is 0 Å². The van der Waals surface area contributed by atoms with E-state index in [1.165, 1.54) is 0 Å². The van der Waals surface area contributed by atoms with Gasteiger partial charge < -0.3 is 14.6 Å². The number of hydrogen-bond donors (Lipinski definition) is 1. The van der Waals surface area contributed by atoms with Gasteiger partial charge >= 0.3 is 0 Å². The van der Waals surface area contributed by atoms with Gasteiger partial charge in [-0.05, 0) is 25.8 Å². The quantitative estimate of drug-likeness (QED) is 0.753. The van der Waals surface area contributed by atoms with Crippen LogP contribution < -0.4 is 5.32 Å². The molecule has 0 saturated heterocycles. The van der Waals surface area contributed by atoms with Gasteiger partial charge in [-0.15, -0.1) is 0 Å². The fraction of sp³-hybridized carbons (Fsp3) is 0.867. The minimum Gasteiger partial charge on any atom is -0.370 e. The van der Waals surface area contributed by atoms with E-state index in [9.17, 15) is 0 Å². The molecule has 0 bridgehead atoms. The van der Waals surface area contributed by atoms with Crippen LogP contribution >= 0.6 is 0 Å². The SMILES string of the molecule is CCNC(CC)C(C)c1nc(C(OCC)C(C)C)no1. The first-order valence-corrected chi connectivity index (χ1v) is 7.73. The van der Waals surface area contributed by atoms with Gasteiger partial charge in [0.15, 0.2) is 0 Å². The van der Waals surface area contributed by atoms with Crippen molar-refractivity contribution in [1.29, 1.82) is 0 Å². The van der Waals surface area contributed by atoms with Crippen LogP contribution in [0.1, 0.15) is 71.7 Å². The lowest BCUT2D eigenvalue weighted by atomic mass is 9.99. The van der Waals surface area contributed by atoms with E-state index in [1.54, 1.807) is 0 Å². The van der Waals surface area contributed by atoms with E-state index in [1.807, 2.05) is 6.92 Å². The Bertz CT molecular complexity index is 379. The smallest absolute Gasteiger partial charge is 0.231 e. The summed E-state index contributed by atoms with van der Waals surface area (Å²) in [4.78, 5) is 4.56. The summed E-state index contributed by atoms with van der Waals surface area (Å²) in [7, 11) is 0. The summed E-state index contributed by atoms with van der Waals surface area (Å²) in [5, 5.41) is 7.57. The van der Waals surface area contributed by atoms with Crippen LogP contribution in [0.25, 0.3) is 0 Å². The lowest BCUT2D eigenvalue weighted by Gasteiger charge is -2.20. The van der Waals surface area contributed by atoms with E-state index in [0.717, 1.165) is 13.0 Å². The van der Waals surface area contributed by atoms with E-state index < -0.39 is 0 Å². The molecule has 0 amide bonds. The number of ether oxygens (including phenoxy) is 1. The predicted molar refractivity (Wildman–Crippen MR) is 79.7 cm³/mol. The molecule has 5 heteroatoms. The highest BCUT2D eigenvalue weighted by Crippen LogP contribution is 2.26. The zero-order valence-corrected chi connectivity index (χ0v) is 13.6. The number of hydrogen-bond acceptors (Lipinski definition) is 5. The standard InChI is InChI=1S/C15H29N3O2/c1-7-12(16-8-2)11(6)15-17-14(18-20-15)13(10(4)5)19-9-3/h10-13,16H,7-9H2,1-6H3. The molecule has 20 heavy (non-hydrogen) atoms. The van der Waals surface area contributed by atoms with E-state index in [2.05, 4.69) is 50.1 Å². The van der Waals surface area contributed by atoms with Crippen molar-refractivity contribution in [3.05, 3.63) is 11.7 Å². The number of nitrogens with one attached hydrogen (secondary N) is 1. The molecule has 0 fully saturated rings. The maximum absolute atomic E-state index is 5.72. The van der Waals surface area contributed by atoms with Crippen LogP contribution in [0.4, 0.5) is 0 Å². The highest BCUT2D eigenvalue weighted by molar-refractivity contribution is 5.00. The first-order chi connectivity index (χ1) is 9.54. The van der Waals surface area contributed by atoms with Gasteiger partial charge in [-0.1, -0.05) is 39.8 Å². The van der Waals surface area contributed by atoms with Crippen molar-refractivity contribution in [2.75, 3.05) is 13.2 Å². The zero-order chi connectivity index (χ0) is 15.1. The third-order valence-electron chi connectivity index (χ3n) is 3.56.